The maximum atomic E-state index is 12.6. The number of nitrogens with zero attached hydrogens (tertiary/aromatic N) is 2. The van der Waals surface area contributed by atoms with Crippen LogP contribution in [0.3, 0.4) is 0 Å². The lowest BCUT2D eigenvalue weighted by Gasteiger charge is -2.22. The zero-order valence-corrected chi connectivity index (χ0v) is 24.3. The van der Waals surface area contributed by atoms with Crippen LogP contribution >= 0.6 is 0 Å². The van der Waals surface area contributed by atoms with E-state index in [9.17, 15) is 19.5 Å². The number of esters is 1. The fourth-order valence-electron chi connectivity index (χ4n) is 3.91. The zero-order chi connectivity index (χ0) is 30.5. The van der Waals surface area contributed by atoms with Crippen LogP contribution < -0.4 is 10.6 Å². The number of rotatable bonds is 13. The topological polar surface area (TPSA) is 162 Å². The lowest BCUT2D eigenvalue weighted by atomic mass is 10.0. The monoisotopic (exact) mass is 582 g/mol. The molecule has 2 aromatic carbocycles. The van der Waals surface area contributed by atoms with Crippen molar-refractivity contribution in [3.63, 3.8) is 0 Å². The van der Waals surface area contributed by atoms with Gasteiger partial charge in [0.2, 0.25) is 11.7 Å². The molecule has 0 aliphatic heterocycles. The minimum Gasteiger partial charge on any atom is -0.465 e. The molecule has 0 aliphatic rings. The van der Waals surface area contributed by atoms with Gasteiger partial charge in [-0.15, -0.1) is 0 Å². The van der Waals surface area contributed by atoms with E-state index in [1.165, 1.54) is 7.11 Å². The number of ether oxygens (including phenoxy) is 3. The summed E-state index contributed by atoms with van der Waals surface area (Å²) in [7, 11) is 1.31. The fraction of sp³-hybridized carbons (Fsp3) is 0.433. The van der Waals surface area contributed by atoms with Crippen molar-refractivity contribution in [3.8, 4) is 0 Å². The first-order valence-corrected chi connectivity index (χ1v) is 13.7. The number of benzene rings is 2. The minimum atomic E-state index is -1.28. The third-order valence-electron chi connectivity index (χ3n) is 5.99. The first-order chi connectivity index (χ1) is 20.0. The van der Waals surface area contributed by atoms with E-state index in [0.29, 0.717) is 31.4 Å². The van der Waals surface area contributed by atoms with Gasteiger partial charge >= 0.3 is 18.2 Å². The number of carbonyl (C=O) groups excluding carboxylic acids is 3. The van der Waals surface area contributed by atoms with Gasteiger partial charge in [-0.25, -0.2) is 14.4 Å². The average Bonchev–Trinajstić information content (AvgIpc) is 3.43. The Balaban J connectivity index is 1.60. The molecule has 3 aromatic rings. The van der Waals surface area contributed by atoms with E-state index < -0.39 is 35.9 Å². The molecule has 2 atom stereocenters. The average molecular weight is 583 g/mol. The van der Waals surface area contributed by atoms with Gasteiger partial charge < -0.3 is 34.5 Å². The molecule has 42 heavy (non-hydrogen) atoms. The molecule has 0 fully saturated rings. The van der Waals surface area contributed by atoms with Crippen LogP contribution in [0.5, 0.6) is 0 Å². The van der Waals surface area contributed by atoms with Gasteiger partial charge in [0.1, 0.15) is 18.3 Å². The molecule has 2 unspecified atom stereocenters. The van der Waals surface area contributed by atoms with Gasteiger partial charge in [0.15, 0.2) is 0 Å². The number of hydrogen-bond acceptors (Lipinski definition) is 10. The van der Waals surface area contributed by atoms with Crippen LogP contribution in [-0.2, 0) is 27.2 Å². The summed E-state index contributed by atoms with van der Waals surface area (Å²) in [6.45, 7) is 5.77. The largest absolute Gasteiger partial charge is 0.465 e. The number of carbonyl (C=O) groups is 3. The van der Waals surface area contributed by atoms with Crippen LogP contribution in [0.15, 0.2) is 59.1 Å². The third-order valence-corrected chi connectivity index (χ3v) is 5.99. The summed E-state index contributed by atoms with van der Waals surface area (Å²) < 4.78 is 20.6. The van der Waals surface area contributed by atoms with Crippen LogP contribution in [0, 0.1) is 0 Å². The van der Waals surface area contributed by atoms with Crippen molar-refractivity contribution in [2.45, 2.75) is 70.8 Å². The summed E-state index contributed by atoms with van der Waals surface area (Å²) in [4.78, 5) is 40.5. The van der Waals surface area contributed by atoms with Crippen molar-refractivity contribution in [1.82, 2.24) is 20.8 Å². The van der Waals surface area contributed by atoms with Crippen molar-refractivity contribution in [3.05, 3.63) is 83.0 Å². The second-order valence-electron chi connectivity index (χ2n) is 10.6. The van der Waals surface area contributed by atoms with Gasteiger partial charge in [-0.3, -0.25) is 0 Å². The van der Waals surface area contributed by atoms with E-state index in [0.717, 1.165) is 11.1 Å². The summed E-state index contributed by atoms with van der Waals surface area (Å²) in [5, 5.41) is 20.4. The summed E-state index contributed by atoms with van der Waals surface area (Å²) >= 11 is 0. The highest BCUT2D eigenvalue weighted by Crippen LogP contribution is 2.20. The predicted molar refractivity (Wildman–Crippen MR) is 151 cm³/mol. The van der Waals surface area contributed by atoms with Gasteiger partial charge in [-0.2, -0.15) is 4.98 Å². The van der Waals surface area contributed by atoms with Gasteiger partial charge in [-0.1, -0.05) is 47.6 Å². The molecular weight excluding hydrogens is 544 g/mol. The number of alkyl carbamates (subject to hydrolysis) is 2. The highest BCUT2D eigenvalue weighted by atomic mass is 16.6. The number of nitrogens with one attached hydrogen (secondary N) is 2. The van der Waals surface area contributed by atoms with Crippen molar-refractivity contribution in [2.24, 2.45) is 0 Å². The van der Waals surface area contributed by atoms with Crippen molar-refractivity contribution >= 4 is 18.2 Å². The molecule has 226 valence electrons. The van der Waals surface area contributed by atoms with Crippen LogP contribution in [0.4, 0.5) is 9.59 Å². The highest BCUT2D eigenvalue weighted by molar-refractivity contribution is 5.89. The van der Waals surface area contributed by atoms with E-state index in [1.807, 2.05) is 30.3 Å². The first kappa shape index (κ1) is 32.1. The maximum Gasteiger partial charge on any atom is 0.407 e. The van der Waals surface area contributed by atoms with Crippen LogP contribution in [0.2, 0.25) is 0 Å². The number of aliphatic hydroxyl groups is 1. The molecular formula is C30H38N4O8. The Labute approximate surface area is 244 Å². The second-order valence-corrected chi connectivity index (χ2v) is 10.6. The number of methoxy groups -OCH3 is 1. The van der Waals surface area contributed by atoms with Crippen molar-refractivity contribution < 1.29 is 38.2 Å². The Kier molecular flexibility index (Phi) is 11.9. The summed E-state index contributed by atoms with van der Waals surface area (Å²) in [6.07, 6.45) is -0.765. The van der Waals surface area contributed by atoms with E-state index in [1.54, 1.807) is 45.0 Å². The summed E-state index contributed by atoms with van der Waals surface area (Å²) in [5.41, 5.74) is 1.45. The normalized spacial score (nSPS) is 12.6. The van der Waals surface area contributed by atoms with E-state index >= 15 is 0 Å². The number of aromatic nitrogens is 2. The molecule has 0 radical (unpaired) electrons. The standard InChI is InChI=1S/C30H38N4O8/c1-30(2,3)41-28(37)31-17-9-8-12-23(32-29(38)40-19-21-10-6-5-7-11-21)25(35)26-33-24(42-34-26)18-20-13-15-22(16-14-20)27(36)39-4/h5-7,10-11,13-16,23,25,35H,8-9,12,17-19H2,1-4H3,(H,31,37)(H,32,38). The van der Waals surface area contributed by atoms with Crippen LogP contribution in [-0.4, -0.2) is 58.7 Å². The van der Waals surface area contributed by atoms with Crippen LogP contribution in [0.25, 0.3) is 0 Å². The number of aliphatic hydroxyl groups excluding tert-OH is 1. The predicted octanol–water partition coefficient (Wildman–Crippen LogP) is 4.47. The molecule has 2 amide bonds. The molecule has 0 bridgehead atoms. The smallest absolute Gasteiger partial charge is 0.407 e. The zero-order valence-electron chi connectivity index (χ0n) is 24.3. The number of amides is 2. The molecule has 0 saturated heterocycles. The fourth-order valence-corrected chi connectivity index (χ4v) is 3.91. The molecule has 3 rings (SSSR count). The third kappa shape index (κ3) is 10.8. The molecule has 3 N–H and O–H groups in total. The molecule has 0 saturated carbocycles. The second kappa shape index (κ2) is 15.5. The Morgan fingerprint density at radius 3 is 2.36 bits per heavy atom. The molecule has 12 nitrogen and oxygen atoms in total. The highest BCUT2D eigenvalue weighted by Gasteiger charge is 2.28. The Bertz CT molecular complexity index is 1290. The van der Waals surface area contributed by atoms with Crippen molar-refractivity contribution in [2.75, 3.05) is 13.7 Å². The lowest BCUT2D eigenvalue weighted by Crippen LogP contribution is -2.40. The lowest BCUT2D eigenvalue weighted by molar-refractivity contribution is 0.0524. The Morgan fingerprint density at radius 2 is 1.69 bits per heavy atom. The minimum absolute atomic E-state index is 0.0106. The molecule has 12 heteroatoms. The molecule has 0 spiro atoms. The first-order valence-electron chi connectivity index (χ1n) is 13.7. The Hall–Kier alpha value is -4.45. The number of unbranched alkanes of at least 4 members (excludes halogenated alkanes) is 1. The molecule has 1 aromatic heterocycles. The summed E-state index contributed by atoms with van der Waals surface area (Å²) in [5.74, 6) is -0.176. The maximum absolute atomic E-state index is 12.6. The number of hydrogen-bond donors (Lipinski definition) is 3. The van der Waals surface area contributed by atoms with E-state index in [-0.39, 0.29) is 24.7 Å². The van der Waals surface area contributed by atoms with E-state index in [4.69, 9.17) is 18.7 Å². The molecule has 1 heterocycles. The SMILES string of the molecule is COC(=O)c1ccc(Cc2nc(C(O)C(CCCCNC(=O)OC(C)(C)C)NC(=O)OCc3ccccc3)no2)cc1. The summed E-state index contributed by atoms with van der Waals surface area (Å²) in [6, 6.07) is 15.2. The van der Waals surface area contributed by atoms with Crippen molar-refractivity contribution in [1.29, 1.82) is 0 Å². The van der Waals surface area contributed by atoms with Gasteiger partial charge in [0.25, 0.3) is 0 Å². The van der Waals surface area contributed by atoms with E-state index in [2.05, 4.69) is 20.8 Å². The Morgan fingerprint density at radius 1 is 0.976 bits per heavy atom. The quantitative estimate of drug-likeness (QED) is 0.149. The van der Waals surface area contributed by atoms with Gasteiger partial charge in [0, 0.05) is 6.54 Å². The van der Waals surface area contributed by atoms with Gasteiger partial charge in [-0.05, 0) is 63.3 Å². The van der Waals surface area contributed by atoms with Crippen LogP contribution in [0.1, 0.15) is 79.3 Å². The van der Waals surface area contributed by atoms with Gasteiger partial charge in [0.05, 0.1) is 25.1 Å². The molecule has 0 aliphatic carbocycles.